The van der Waals surface area contributed by atoms with Crippen molar-refractivity contribution in [1.29, 1.82) is 0 Å². The van der Waals surface area contributed by atoms with Crippen LogP contribution in [0.15, 0.2) is 0 Å². The van der Waals surface area contributed by atoms with E-state index in [2.05, 4.69) is 0 Å². The third kappa shape index (κ3) is 2.47. The van der Waals surface area contributed by atoms with Crippen molar-refractivity contribution in [2.45, 2.75) is 12.8 Å². The standard InChI is InChI=1S/C10H16N2O3/c13-9-1-3-11(4-2-9)10(14)12-5-7-15-8-6-12/h1-8H2. The van der Waals surface area contributed by atoms with Crippen molar-refractivity contribution in [3.63, 3.8) is 0 Å². The van der Waals surface area contributed by atoms with Crippen LogP contribution in [0.5, 0.6) is 0 Å². The third-order valence-electron chi connectivity index (χ3n) is 2.87. The van der Waals surface area contributed by atoms with E-state index in [0.29, 0.717) is 52.2 Å². The van der Waals surface area contributed by atoms with Crippen LogP contribution in [-0.2, 0) is 9.53 Å². The number of ketones is 1. The number of hydrogen-bond donors (Lipinski definition) is 0. The molecule has 0 aromatic rings. The van der Waals surface area contributed by atoms with Gasteiger partial charge in [-0.2, -0.15) is 0 Å². The zero-order valence-electron chi connectivity index (χ0n) is 8.78. The van der Waals surface area contributed by atoms with E-state index in [1.807, 2.05) is 0 Å². The summed E-state index contributed by atoms with van der Waals surface area (Å²) in [4.78, 5) is 26.6. The summed E-state index contributed by atoms with van der Waals surface area (Å²) >= 11 is 0. The molecule has 15 heavy (non-hydrogen) atoms. The molecule has 2 aliphatic rings. The summed E-state index contributed by atoms with van der Waals surface area (Å²) in [5.74, 6) is 0.265. The smallest absolute Gasteiger partial charge is 0.320 e. The largest absolute Gasteiger partial charge is 0.378 e. The topological polar surface area (TPSA) is 49.9 Å². The fourth-order valence-corrected chi connectivity index (χ4v) is 1.90. The maximum Gasteiger partial charge on any atom is 0.320 e. The molecule has 2 aliphatic heterocycles. The molecule has 5 nitrogen and oxygen atoms in total. The summed E-state index contributed by atoms with van der Waals surface area (Å²) in [5.41, 5.74) is 0. The van der Waals surface area contributed by atoms with Crippen LogP contribution in [0.1, 0.15) is 12.8 Å². The molecule has 84 valence electrons. The number of piperidine rings is 1. The van der Waals surface area contributed by atoms with Gasteiger partial charge in [0.15, 0.2) is 0 Å². The average molecular weight is 212 g/mol. The fraction of sp³-hybridized carbons (Fsp3) is 0.800. The molecule has 2 rings (SSSR count). The number of Topliss-reactive ketones (excluding diaryl/α,β-unsaturated/α-hetero) is 1. The lowest BCUT2D eigenvalue weighted by atomic mass is 10.1. The minimum atomic E-state index is 0.0609. The number of ether oxygens (including phenoxy) is 1. The van der Waals surface area contributed by atoms with Crippen LogP contribution in [0.4, 0.5) is 4.79 Å². The molecule has 0 bridgehead atoms. The first-order valence-electron chi connectivity index (χ1n) is 5.40. The van der Waals surface area contributed by atoms with Crippen molar-refractivity contribution in [1.82, 2.24) is 9.80 Å². The highest BCUT2D eigenvalue weighted by molar-refractivity contribution is 5.82. The molecule has 0 atom stereocenters. The number of morpholine rings is 1. The number of rotatable bonds is 0. The summed E-state index contributed by atoms with van der Waals surface area (Å²) < 4.78 is 5.19. The SMILES string of the molecule is O=C1CCN(C(=O)N2CCOCC2)CC1. The fourth-order valence-electron chi connectivity index (χ4n) is 1.90. The average Bonchev–Trinajstić information content (AvgIpc) is 2.30. The van der Waals surface area contributed by atoms with Crippen LogP contribution in [0.2, 0.25) is 0 Å². The Labute approximate surface area is 89.0 Å². The minimum absolute atomic E-state index is 0.0609. The van der Waals surface area contributed by atoms with Crippen LogP contribution < -0.4 is 0 Å². The van der Waals surface area contributed by atoms with Gasteiger partial charge in [-0.3, -0.25) is 4.79 Å². The summed E-state index contributed by atoms with van der Waals surface area (Å²) in [7, 11) is 0. The quantitative estimate of drug-likeness (QED) is 0.572. The first-order valence-corrected chi connectivity index (χ1v) is 5.40. The molecule has 0 aromatic carbocycles. The van der Waals surface area contributed by atoms with Crippen molar-refractivity contribution < 1.29 is 14.3 Å². The minimum Gasteiger partial charge on any atom is -0.378 e. The lowest BCUT2D eigenvalue weighted by Gasteiger charge is -2.34. The lowest BCUT2D eigenvalue weighted by Crippen LogP contribution is -2.50. The molecule has 5 heteroatoms. The van der Waals surface area contributed by atoms with E-state index in [1.165, 1.54) is 0 Å². The number of carbonyl (C=O) groups excluding carboxylic acids is 2. The number of amides is 2. The Bertz CT molecular complexity index is 251. The highest BCUT2D eigenvalue weighted by Gasteiger charge is 2.25. The number of nitrogens with zero attached hydrogens (tertiary/aromatic N) is 2. The molecule has 0 saturated carbocycles. The Balaban J connectivity index is 1.86. The molecule has 2 amide bonds. The van der Waals surface area contributed by atoms with Gasteiger partial charge in [-0.1, -0.05) is 0 Å². The molecule has 0 aromatic heterocycles. The first-order chi connectivity index (χ1) is 7.27. The van der Waals surface area contributed by atoms with Gasteiger partial charge < -0.3 is 14.5 Å². The van der Waals surface area contributed by atoms with Gasteiger partial charge in [0.2, 0.25) is 0 Å². The molecule has 2 fully saturated rings. The van der Waals surface area contributed by atoms with Gasteiger partial charge in [-0.05, 0) is 0 Å². The highest BCUT2D eigenvalue weighted by Crippen LogP contribution is 2.10. The lowest BCUT2D eigenvalue weighted by molar-refractivity contribution is -0.121. The van der Waals surface area contributed by atoms with Gasteiger partial charge in [0.05, 0.1) is 13.2 Å². The Kier molecular flexibility index (Phi) is 3.20. The Morgan fingerprint density at radius 3 is 2.13 bits per heavy atom. The molecular weight excluding hydrogens is 196 g/mol. The summed E-state index contributed by atoms with van der Waals surface area (Å²) in [5, 5.41) is 0. The Hall–Kier alpha value is -1.10. The van der Waals surface area contributed by atoms with Crippen molar-refractivity contribution in [2.24, 2.45) is 0 Å². The van der Waals surface area contributed by atoms with E-state index in [0.717, 1.165) is 0 Å². The van der Waals surface area contributed by atoms with Crippen LogP contribution >= 0.6 is 0 Å². The maximum absolute atomic E-state index is 11.9. The van der Waals surface area contributed by atoms with Crippen LogP contribution in [0.25, 0.3) is 0 Å². The van der Waals surface area contributed by atoms with Gasteiger partial charge in [0.25, 0.3) is 0 Å². The molecule has 0 aliphatic carbocycles. The number of likely N-dealkylation sites (tertiary alicyclic amines) is 1. The number of carbonyl (C=O) groups is 2. The van der Waals surface area contributed by atoms with Gasteiger partial charge in [-0.15, -0.1) is 0 Å². The van der Waals surface area contributed by atoms with Gasteiger partial charge >= 0.3 is 6.03 Å². The molecule has 0 radical (unpaired) electrons. The van der Waals surface area contributed by atoms with Crippen molar-refractivity contribution >= 4 is 11.8 Å². The van der Waals surface area contributed by atoms with E-state index in [4.69, 9.17) is 4.74 Å². The molecule has 2 heterocycles. The second-order valence-electron chi connectivity index (χ2n) is 3.91. The van der Waals surface area contributed by atoms with E-state index >= 15 is 0 Å². The van der Waals surface area contributed by atoms with Crippen LogP contribution in [0.3, 0.4) is 0 Å². The zero-order valence-corrected chi connectivity index (χ0v) is 8.78. The van der Waals surface area contributed by atoms with Gasteiger partial charge in [0.1, 0.15) is 5.78 Å². The van der Waals surface area contributed by atoms with Gasteiger partial charge in [-0.25, -0.2) is 4.79 Å². The number of urea groups is 1. The molecule has 0 spiro atoms. The second-order valence-corrected chi connectivity index (χ2v) is 3.91. The summed E-state index contributed by atoms with van der Waals surface area (Å²) in [6, 6.07) is 0.0609. The zero-order chi connectivity index (χ0) is 10.7. The van der Waals surface area contributed by atoms with E-state index in [1.54, 1.807) is 9.80 Å². The van der Waals surface area contributed by atoms with E-state index in [-0.39, 0.29) is 11.8 Å². The predicted molar refractivity (Wildman–Crippen MR) is 53.6 cm³/mol. The van der Waals surface area contributed by atoms with E-state index < -0.39 is 0 Å². The number of hydrogen-bond acceptors (Lipinski definition) is 3. The Morgan fingerprint density at radius 1 is 1.00 bits per heavy atom. The van der Waals surface area contributed by atoms with Crippen molar-refractivity contribution in [3.05, 3.63) is 0 Å². The summed E-state index contributed by atoms with van der Waals surface area (Å²) in [6.07, 6.45) is 1.02. The van der Waals surface area contributed by atoms with E-state index in [9.17, 15) is 9.59 Å². The molecular formula is C10H16N2O3. The normalized spacial score (nSPS) is 23.1. The first kappa shape index (κ1) is 10.4. The van der Waals surface area contributed by atoms with Crippen LogP contribution in [-0.4, -0.2) is 61.0 Å². The molecule has 0 N–H and O–H groups in total. The summed E-state index contributed by atoms with van der Waals surface area (Å²) in [6.45, 7) is 3.74. The van der Waals surface area contributed by atoms with Gasteiger partial charge in [0, 0.05) is 39.0 Å². The highest BCUT2D eigenvalue weighted by atomic mass is 16.5. The maximum atomic E-state index is 11.9. The third-order valence-corrected chi connectivity index (χ3v) is 2.87. The monoisotopic (exact) mass is 212 g/mol. The Morgan fingerprint density at radius 2 is 1.53 bits per heavy atom. The molecule has 0 unspecified atom stereocenters. The van der Waals surface area contributed by atoms with Crippen LogP contribution in [0, 0.1) is 0 Å². The predicted octanol–water partition coefficient (Wildman–Crippen LogP) is 0.103. The second kappa shape index (κ2) is 4.61. The van der Waals surface area contributed by atoms with Crippen molar-refractivity contribution in [3.8, 4) is 0 Å². The molecule has 2 saturated heterocycles. The van der Waals surface area contributed by atoms with Crippen molar-refractivity contribution in [2.75, 3.05) is 39.4 Å².